The number of amides is 2. The molecule has 1 heterocycles. The zero-order chi connectivity index (χ0) is 21.1. The number of hydrogen-bond donors (Lipinski definition) is 2. The summed E-state index contributed by atoms with van der Waals surface area (Å²) >= 11 is 0. The number of para-hydroxylation sites is 1. The van der Waals surface area contributed by atoms with Crippen LogP contribution >= 0.6 is 0 Å². The van der Waals surface area contributed by atoms with Crippen molar-refractivity contribution in [2.24, 2.45) is 5.92 Å². The number of likely N-dealkylation sites (tertiary alicyclic amines) is 1. The maximum absolute atomic E-state index is 12.5. The van der Waals surface area contributed by atoms with Crippen molar-refractivity contribution >= 4 is 23.5 Å². The predicted octanol–water partition coefficient (Wildman–Crippen LogP) is 2.82. The standard InChI is InChI=1S/C22H33N3O4/c1-3-4-5-8-13-23-21(27)17-10-9-14-25(15-17)16-20(26)24-19-12-7-6-11-18(19)22(28)29-2/h6-7,11-12,17H,3-5,8-10,13-16H2,1-2H3,(H,23,27)(H,24,26). The summed E-state index contributed by atoms with van der Waals surface area (Å²) in [7, 11) is 1.31. The lowest BCUT2D eigenvalue weighted by molar-refractivity contribution is -0.128. The highest BCUT2D eigenvalue weighted by Gasteiger charge is 2.26. The van der Waals surface area contributed by atoms with E-state index in [4.69, 9.17) is 4.74 Å². The van der Waals surface area contributed by atoms with Crippen LogP contribution in [0.5, 0.6) is 0 Å². The number of nitrogens with zero attached hydrogens (tertiary/aromatic N) is 1. The van der Waals surface area contributed by atoms with E-state index in [0.29, 0.717) is 17.8 Å². The highest BCUT2D eigenvalue weighted by molar-refractivity contribution is 6.01. The second kappa shape index (κ2) is 12.2. The van der Waals surface area contributed by atoms with E-state index < -0.39 is 5.97 Å². The number of unbranched alkanes of at least 4 members (excludes halogenated alkanes) is 3. The van der Waals surface area contributed by atoms with Crippen molar-refractivity contribution in [3.63, 3.8) is 0 Å². The smallest absolute Gasteiger partial charge is 0.339 e. The van der Waals surface area contributed by atoms with Crippen LogP contribution in [0.4, 0.5) is 5.69 Å². The molecule has 1 fully saturated rings. The Hall–Kier alpha value is -2.41. The first-order chi connectivity index (χ1) is 14.0. The van der Waals surface area contributed by atoms with Crippen LogP contribution in [0.25, 0.3) is 0 Å². The number of ether oxygens (including phenoxy) is 1. The second-order valence-corrected chi connectivity index (χ2v) is 7.51. The average Bonchev–Trinajstić information content (AvgIpc) is 2.73. The van der Waals surface area contributed by atoms with Crippen LogP contribution < -0.4 is 10.6 Å². The van der Waals surface area contributed by atoms with Gasteiger partial charge in [-0.15, -0.1) is 0 Å². The van der Waals surface area contributed by atoms with Crippen LogP contribution in [0.2, 0.25) is 0 Å². The van der Waals surface area contributed by atoms with Crippen LogP contribution in [-0.2, 0) is 14.3 Å². The maximum atomic E-state index is 12.5. The molecule has 1 aliphatic rings. The van der Waals surface area contributed by atoms with Crippen LogP contribution in [0.1, 0.15) is 55.8 Å². The normalized spacial score (nSPS) is 16.8. The fourth-order valence-corrected chi connectivity index (χ4v) is 3.59. The minimum Gasteiger partial charge on any atom is -0.465 e. The van der Waals surface area contributed by atoms with E-state index in [1.165, 1.54) is 20.0 Å². The first-order valence-electron chi connectivity index (χ1n) is 10.5. The number of esters is 1. The molecule has 7 heteroatoms. The molecule has 0 aromatic heterocycles. The van der Waals surface area contributed by atoms with E-state index in [1.807, 2.05) is 4.90 Å². The summed E-state index contributed by atoms with van der Waals surface area (Å²) in [5.74, 6) is -0.691. The molecular weight excluding hydrogens is 370 g/mol. The van der Waals surface area contributed by atoms with Gasteiger partial charge in [-0.2, -0.15) is 0 Å². The summed E-state index contributed by atoms with van der Waals surface area (Å²) in [5, 5.41) is 5.82. The zero-order valence-electron chi connectivity index (χ0n) is 17.5. The maximum Gasteiger partial charge on any atom is 0.339 e. The van der Waals surface area contributed by atoms with Gasteiger partial charge in [0.2, 0.25) is 11.8 Å². The van der Waals surface area contributed by atoms with Gasteiger partial charge < -0.3 is 15.4 Å². The van der Waals surface area contributed by atoms with Gasteiger partial charge in [0.15, 0.2) is 0 Å². The van der Waals surface area contributed by atoms with Crippen molar-refractivity contribution in [2.75, 3.05) is 38.6 Å². The zero-order valence-corrected chi connectivity index (χ0v) is 17.5. The van der Waals surface area contributed by atoms with E-state index in [1.54, 1.807) is 24.3 Å². The molecule has 1 aromatic carbocycles. The third-order valence-corrected chi connectivity index (χ3v) is 5.18. The first-order valence-corrected chi connectivity index (χ1v) is 10.5. The number of carbonyl (C=O) groups is 3. The Kier molecular flexibility index (Phi) is 9.64. The third-order valence-electron chi connectivity index (χ3n) is 5.18. The summed E-state index contributed by atoms with van der Waals surface area (Å²) < 4.78 is 4.76. The minimum absolute atomic E-state index is 0.0786. The molecule has 160 valence electrons. The Morgan fingerprint density at radius 3 is 2.72 bits per heavy atom. The van der Waals surface area contributed by atoms with E-state index in [0.717, 1.165) is 38.8 Å². The van der Waals surface area contributed by atoms with E-state index in [2.05, 4.69) is 17.6 Å². The van der Waals surface area contributed by atoms with Gasteiger partial charge in [-0.25, -0.2) is 4.79 Å². The minimum atomic E-state index is -0.491. The molecule has 2 N–H and O–H groups in total. The largest absolute Gasteiger partial charge is 0.465 e. The fourth-order valence-electron chi connectivity index (χ4n) is 3.59. The molecule has 1 aliphatic heterocycles. The molecule has 0 saturated carbocycles. The van der Waals surface area contributed by atoms with Gasteiger partial charge in [0.25, 0.3) is 0 Å². The van der Waals surface area contributed by atoms with Crippen LogP contribution in [0, 0.1) is 5.92 Å². The highest BCUT2D eigenvalue weighted by Crippen LogP contribution is 2.18. The summed E-state index contributed by atoms with van der Waals surface area (Å²) in [4.78, 5) is 38.7. The second-order valence-electron chi connectivity index (χ2n) is 7.51. The summed E-state index contributed by atoms with van der Waals surface area (Å²) in [6.07, 6.45) is 6.27. The van der Waals surface area contributed by atoms with Crippen LogP contribution in [0.15, 0.2) is 24.3 Å². The van der Waals surface area contributed by atoms with E-state index in [-0.39, 0.29) is 24.3 Å². The summed E-state index contributed by atoms with van der Waals surface area (Å²) in [5.41, 5.74) is 0.755. The quantitative estimate of drug-likeness (QED) is 0.463. The highest BCUT2D eigenvalue weighted by atomic mass is 16.5. The van der Waals surface area contributed by atoms with Crippen molar-refractivity contribution in [3.8, 4) is 0 Å². The Labute approximate surface area is 173 Å². The van der Waals surface area contributed by atoms with E-state index in [9.17, 15) is 14.4 Å². The predicted molar refractivity (Wildman–Crippen MR) is 113 cm³/mol. The number of rotatable bonds is 10. The molecule has 1 atom stereocenters. The number of benzene rings is 1. The van der Waals surface area contributed by atoms with Gasteiger partial charge in [0, 0.05) is 13.1 Å². The van der Waals surface area contributed by atoms with Crippen molar-refractivity contribution in [3.05, 3.63) is 29.8 Å². The first kappa shape index (κ1) is 22.9. The summed E-state index contributed by atoms with van der Waals surface area (Å²) in [6.45, 7) is 4.44. The molecule has 1 saturated heterocycles. The van der Waals surface area contributed by atoms with Gasteiger partial charge in [0.1, 0.15) is 0 Å². The van der Waals surface area contributed by atoms with Crippen LogP contribution in [-0.4, -0.2) is 56.0 Å². The number of piperidine rings is 1. The Bertz CT molecular complexity index is 692. The number of carbonyl (C=O) groups excluding carboxylic acids is 3. The molecule has 2 amide bonds. The fraction of sp³-hybridized carbons (Fsp3) is 0.591. The molecule has 2 rings (SSSR count). The Balaban J connectivity index is 1.82. The molecule has 1 aromatic rings. The number of hydrogen-bond acceptors (Lipinski definition) is 5. The van der Waals surface area contributed by atoms with Crippen molar-refractivity contribution in [2.45, 2.75) is 45.4 Å². The van der Waals surface area contributed by atoms with Crippen molar-refractivity contribution in [1.29, 1.82) is 0 Å². The molecular formula is C22H33N3O4. The summed E-state index contributed by atoms with van der Waals surface area (Å²) in [6, 6.07) is 6.76. The average molecular weight is 404 g/mol. The molecule has 29 heavy (non-hydrogen) atoms. The van der Waals surface area contributed by atoms with Gasteiger partial charge in [-0.05, 0) is 37.9 Å². The SMILES string of the molecule is CCCCCCNC(=O)C1CCCN(CC(=O)Nc2ccccc2C(=O)OC)C1. The number of nitrogens with one attached hydrogen (secondary N) is 2. The van der Waals surface area contributed by atoms with Gasteiger partial charge in [-0.1, -0.05) is 38.3 Å². The Morgan fingerprint density at radius 1 is 1.17 bits per heavy atom. The van der Waals surface area contributed by atoms with E-state index >= 15 is 0 Å². The molecule has 0 bridgehead atoms. The van der Waals surface area contributed by atoms with Crippen molar-refractivity contribution in [1.82, 2.24) is 10.2 Å². The van der Waals surface area contributed by atoms with Crippen LogP contribution in [0.3, 0.4) is 0 Å². The lowest BCUT2D eigenvalue weighted by atomic mass is 9.97. The molecule has 1 unspecified atom stereocenters. The molecule has 7 nitrogen and oxygen atoms in total. The third kappa shape index (κ3) is 7.49. The number of anilines is 1. The molecule has 0 spiro atoms. The molecule has 0 aliphatic carbocycles. The monoisotopic (exact) mass is 403 g/mol. The Morgan fingerprint density at radius 2 is 1.97 bits per heavy atom. The number of methoxy groups -OCH3 is 1. The van der Waals surface area contributed by atoms with Gasteiger partial charge in [-0.3, -0.25) is 14.5 Å². The van der Waals surface area contributed by atoms with Crippen molar-refractivity contribution < 1.29 is 19.1 Å². The lowest BCUT2D eigenvalue weighted by Gasteiger charge is -2.31. The van der Waals surface area contributed by atoms with Gasteiger partial charge >= 0.3 is 5.97 Å². The lowest BCUT2D eigenvalue weighted by Crippen LogP contribution is -2.45. The van der Waals surface area contributed by atoms with Gasteiger partial charge in [0.05, 0.1) is 30.8 Å². The topological polar surface area (TPSA) is 87.7 Å². The molecule has 0 radical (unpaired) electrons.